The Balaban J connectivity index is 1.84. The van der Waals surface area contributed by atoms with Gasteiger partial charge in [0, 0.05) is 6.04 Å². The van der Waals surface area contributed by atoms with Gasteiger partial charge in [0.05, 0.1) is 12.5 Å². The van der Waals surface area contributed by atoms with Crippen molar-refractivity contribution in [1.29, 1.82) is 0 Å². The summed E-state index contributed by atoms with van der Waals surface area (Å²) in [5.74, 6) is 0.135. The van der Waals surface area contributed by atoms with Gasteiger partial charge in [0.25, 0.3) is 0 Å². The lowest BCUT2D eigenvalue weighted by atomic mass is 9.84. The Bertz CT molecular complexity index is 478. The third-order valence-corrected chi connectivity index (χ3v) is 4.34. The minimum absolute atomic E-state index is 0.0171. The third kappa shape index (κ3) is 4.81. The molecule has 1 aliphatic rings. The number of carbonyl (C=O) groups is 1. The van der Waals surface area contributed by atoms with E-state index in [0.717, 1.165) is 25.7 Å². The molecule has 1 aromatic rings. The molecular weight excluding hydrogens is 269 g/mol. The van der Waals surface area contributed by atoms with Crippen molar-refractivity contribution in [3.05, 3.63) is 35.6 Å². The largest absolute Gasteiger partial charge is 0.388 e. The zero-order chi connectivity index (χ0) is 15.2. The number of nitrogens with one attached hydrogen (secondary N) is 1. The maximum Gasteiger partial charge on any atom is 0.223 e. The molecule has 1 amide bonds. The molecule has 4 heteroatoms. The number of amides is 1. The zero-order valence-electron chi connectivity index (χ0n) is 12.5. The second kappa shape index (κ2) is 7.55. The molecule has 0 aromatic heterocycles. The molecule has 116 valence electrons. The molecule has 1 aromatic carbocycles. The summed E-state index contributed by atoms with van der Waals surface area (Å²) in [5.41, 5.74) is 0.445. The van der Waals surface area contributed by atoms with Gasteiger partial charge in [0.15, 0.2) is 0 Å². The van der Waals surface area contributed by atoms with Gasteiger partial charge in [-0.1, -0.05) is 38.3 Å². The van der Waals surface area contributed by atoms with E-state index in [4.69, 9.17) is 0 Å². The van der Waals surface area contributed by atoms with Gasteiger partial charge < -0.3 is 10.4 Å². The summed E-state index contributed by atoms with van der Waals surface area (Å²) < 4.78 is 13.1. The van der Waals surface area contributed by atoms with E-state index in [0.29, 0.717) is 11.5 Å². The van der Waals surface area contributed by atoms with Gasteiger partial charge in [-0.15, -0.1) is 0 Å². The van der Waals surface area contributed by atoms with Gasteiger partial charge in [0.2, 0.25) is 5.91 Å². The minimum atomic E-state index is -0.953. The first-order valence-corrected chi connectivity index (χ1v) is 7.81. The molecule has 0 bridgehead atoms. The second-order valence-corrected chi connectivity index (χ2v) is 5.98. The van der Waals surface area contributed by atoms with Gasteiger partial charge >= 0.3 is 0 Å². The van der Waals surface area contributed by atoms with Gasteiger partial charge in [0.1, 0.15) is 5.82 Å². The van der Waals surface area contributed by atoms with Crippen molar-refractivity contribution >= 4 is 5.91 Å². The molecule has 21 heavy (non-hydrogen) atoms. The first-order valence-electron chi connectivity index (χ1n) is 7.81. The monoisotopic (exact) mass is 293 g/mol. The lowest BCUT2D eigenvalue weighted by Gasteiger charge is -2.29. The van der Waals surface area contributed by atoms with Crippen LogP contribution in [0.4, 0.5) is 4.39 Å². The average molecular weight is 293 g/mol. The van der Waals surface area contributed by atoms with Crippen LogP contribution in [0.15, 0.2) is 24.3 Å². The molecule has 0 aliphatic heterocycles. The Morgan fingerprint density at radius 3 is 3.00 bits per heavy atom. The summed E-state index contributed by atoms with van der Waals surface area (Å²) >= 11 is 0. The SMILES string of the molecule is CCC1CCCC(NC(=O)CC(O)c2cccc(F)c2)C1. The number of halogens is 1. The summed E-state index contributed by atoms with van der Waals surface area (Å²) in [4.78, 5) is 12.0. The van der Waals surface area contributed by atoms with Crippen molar-refractivity contribution < 1.29 is 14.3 Å². The lowest BCUT2D eigenvalue weighted by Crippen LogP contribution is -2.38. The van der Waals surface area contributed by atoms with Crippen molar-refractivity contribution in [2.45, 2.75) is 57.6 Å². The molecule has 3 atom stereocenters. The van der Waals surface area contributed by atoms with E-state index in [1.54, 1.807) is 12.1 Å². The molecule has 1 aliphatic carbocycles. The third-order valence-electron chi connectivity index (χ3n) is 4.34. The minimum Gasteiger partial charge on any atom is -0.388 e. The van der Waals surface area contributed by atoms with E-state index in [1.807, 2.05) is 0 Å². The maximum atomic E-state index is 13.1. The predicted octanol–water partition coefficient (Wildman–Crippen LogP) is 3.33. The molecular formula is C17H24FNO2. The Morgan fingerprint density at radius 1 is 1.48 bits per heavy atom. The van der Waals surface area contributed by atoms with E-state index in [2.05, 4.69) is 12.2 Å². The smallest absolute Gasteiger partial charge is 0.223 e. The molecule has 0 heterocycles. The maximum absolute atomic E-state index is 13.1. The Hall–Kier alpha value is -1.42. The van der Waals surface area contributed by atoms with Crippen LogP contribution in [0.1, 0.15) is 57.1 Å². The van der Waals surface area contributed by atoms with E-state index in [-0.39, 0.29) is 18.4 Å². The topological polar surface area (TPSA) is 49.3 Å². The molecule has 1 saturated carbocycles. The van der Waals surface area contributed by atoms with Crippen LogP contribution >= 0.6 is 0 Å². The van der Waals surface area contributed by atoms with E-state index in [1.165, 1.54) is 18.6 Å². The molecule has 2 rings (SSSR count). The number of benzene rings is 1. The Morgan fingerprint density at radius 2 is 2.29 bits per heavy atom. The van der Waals surface area contributed by atoms with Crippen molar-refractivity contribution in [2.75, 3.05) is 0 Å². The molecule has 1 fully saturated rings. The molecule has 3 unspecified atom stereocenters. The van der Waals surface area contributed by atoms with Crippen LogP contribution < -0.4 is 5.32 Å². The summed E-state index contributed by atoms with van der Waals surface area (Å²) in [5, 5.41) is 13.0. The molecule has 0 spiro atoms. The highest BCUT2D eigenvalue weighted by molar-refractivity contribution is 5.77. The van der Waals surface area contributed by atoms with Crippen molar-refractivity contribution in [2.24, 2.45) is 5.92 Å². The second-order valence-electron chi connectivity index (χ2n) is 5.98. The highest BCUT2D eigenvalue weighted by Crippen LogP contribution is 2.27. The molecule has 0 radical (unpaired) electrons. The van der Waals surface area contributed by atoms with Crippen LogP contribution in [0.25, 0.3) is 0 Å². The standard InChI is InChI=1S/C17H24FNO2/c1-2-12-5-3-8-15(9-12)19-17(21)11-16(20)13-6-4-7-14(18)10-13/h4,6-7,10,12,15-16,20H,2-3,5,8-9,11H2,1H3,(H,19,21). The number of rotatable bonds is 5. The van der Waals surface area contributed by atoms with Gasteiger partial charge in [-0.3, -0.25) is 4.79 Å². The number of hydrogen-bond acceptors (Lipinski definition) is 2. The number of hydrogen-bond donors (Lipinski definition) is 2. The van der Waals surface area contributed by atoms with E-state index < -0.39 is 11.9 Å². The molecule has 2 N–H and O–H groups in total. The van der Waals surface area contributed by atoms with E-state index in [9.17, 15) is 14.3 Å². The summed E-state index contributed by atoms with van der Waals surface area (Å²) in [6.45, 7) is 2.18. The predicted molar refractivity (Wildman–Crippen MR) is 80.2 cm³/mol. The highest BCUT2D eigenvalue weighted by Gasteiger charge is 2.23. The van der Waals surface area contributed by atoms with Crippen LogP contribution in [0.2, 0.25) is 0 Å². The summed E-state index contributed by atoms with van der Waals surface area (Å²) in [6, 6.07) is 5.98. The number of aliphatic hydroxyl groups is 1. The van der Waals surface area contributed by atoms with Gasteiger partial charge in [-0.25, -0.2) is 4.39 Å². The van der Waals surface area contributed by atoms with Crippen LogP contribution in [-0.4, -0.2) is 17.1 Å². The summed E-state index contributed by atoms with van der Waals surface area (Å²) in [6.07, 6.45) is 4.61. The van der Waals surface area contributed by atoms with E-state index >= 15 is 0 Å². The Labute approximate surface area is 125 Å². The average Bonchev–Trinajstić information content (AvgIpc) is 2.47. The van der Waals surface area contributed by atoms with Crippen LogP contribution in [-0.2, 0) is 4.79 Å². The summed E-state index contributed by atoms with van der Waals surface area (Å²) in [7, 11) is 0. The van der Waals surface area contributed by atoms with Crippen LogP contribution in [0.3, 0.4) is 0 Å². The number of aliphatic hydroxyl groups excluding tert-OH is 1. The van der Waals surface area contributed by atoms with Crippen molar-refractivity contribution in [3.63, 3.8) is 0 Å². The molecule has 0 saturated heterocycles. The quantitative estimate of drug-likeness (QED) is 0.875. The van der Waals surface area contributed by atoms with Crippen LogP contribution in [0.5, 0.6) is 0 Å². The highest BCUT2D eigenvalue weighted by atomic mass is 19.1. The van der Waals surface area contributed by atoms with Gasteiger partial charge in [-0.05, 0) is 36.5 Å². The lowest BCUT2D eigenvalue weighted by molar-refractivity contribution is -0.124. The fourth-order valence-electron chi connectivity index (χ4n) is 3.09. The van der Waals surface area contributed by atoms with Crippen molar-refractivity contribution in [1.82, 2.24) is 5.32 Å². The fraction of sp³-hybridized carbons (Fsp3) is 0.588. The molecule has 3 nitrogen and oxygen atoms in total. The fourth-order valence-corrected chi connectivity index (χ4v) is 3.09. The Kier molecular flexibility index (Phi) is 5.74. The van der Waals surface area contributed by atoms with Crippen molar-refractivity contribution in [3.8, 4) is 0 Å². The van der Waals surface area contributed by atoms with Crippen LogP contribution in [0, 0.1) is 11.7 Å². The normalized spacial score (nSPS) is 23.6. The first-order chi connectivity index (χ1) is 10.1. The van der Waals surface area contributed by atoms with Gasteiger partial charge in [-0.2, -0.15) is 0 Å². The first kappa shape index (κ1) is 16.0. The number of carbonyl (C=O) groups excluding carboxylic acids is 1. The zero-order valence-corrected chi connectivity index (χ0v) is 12.5.